The van der Waals surface area contributed by atoms with Crippen molar-refractivity contribution in [2.45, 2.75) is 19.3 Å². The Morgan fingerprint density at radius 1 is 0.547 bits per heavy atom. The second-order valence-corrected chi connectivity index (χ2v) is 14.8. The minimum Gasteiger partial charge on any atom is -0.309 e. The van der Waals surface area contributed by atoms with Gasteiger partial charge < -0.3 is 4.57 Å². The number of hydrogen-bond donors (Lipinski definition) is 0. The smallest absolute Gasteiger partial charge is 0.164 e. The second-order valence-electron chi connectivity index (χ2n) is 13.7. The third-order valence-corrected chi connectivity index (χ3v) is 11.6. The number of thiophene rings is 1. The zero-order valence-electron chi connectivity index (χ0n) is 38.4. The summed E-state index contributed by atoms with van der Waals surface area (Å²) in [4.78, 5) is 13.7. The van der Waals surface area contributed by atoms with Crippen LogP contribution in [0.5, 0.6) is 0 Å². The summed E-state index contributed by atoms with van der Waals surface area (Å²) in [5, 5.41) is 4.39. The lowest BCUT2D eigenvalue weighted by atomic mass is 9.82. The van der Waals surface area contributed by atoms with Crippen LogP contribution in [0.1, 0.15) is 38.7 Å². The number of rotatable bonds is 4. The third kappa shape index (κ3) is 4.44. The summed E-state index contributed by atoms with van der Waals surface area (Å²) in [5.41, 5.74) is 8.01. The van der Waals surface area contributed by atoms with E-state index in [-0.39, 0.29) is 34.0 Å². The van der Waals surface area contributed by atoms with Gasteiger partial charge in [0.1, 0.15) is 0 Å². The van der Waals surface area contributed by atoms with Crippen molar-refractivity contribution in [3.63, 3.8) is 0 Å². The van der Waals surface area contributed by atoms with Crippen LogP contribution in [-0.2, 0) is 5.41 Å². The van der Waals surface area contributed by atoms with Gasteiger partial charge in [-0.05, 0) is 52.6 Å². The summed E-state index contributed by atoms with van der Waals surface area (Å²) in [6, 6.07) is 27.9. The number of fused-ring (bicyclic) bond motifs is 10. The van der Waals surface area contributed by atoms with Gasteiger partial charge >= 0.3 is 0 Å². The van der Waals surface area contributed by atoms with E-state index in [9.17, 15) is 0 Å². The SMILES string of the molecule is [2H]c1c([2H])c([2H])c(-c2nc(-c3ccc4c(c3)sc3cccc(-n5c6ccccc6c6c7c(ccc65)C(C)(C)c5ccccc5-7)c34)nc(-c3c([2H])c([2H])c([2H])c([2H])c3[2H])n2)c([2H])c1[2H]. The first-order chi connectivity index (χ1) is 30.2. The van der Waals surface area contributed by atoms with Gasteiger partial charge in [0, 0.05) is 53.1 Å². The molecular weight excluding hydrogens is 665 g/mol. The molecule has 0 atom stereocenters. The molecule has 0 unspecified atom stereocenters. The molecule has 0 radical (unpaired) electrons. The molecule has 1 aliphatic rings. The van der Waals surface area contributed by atoms with Gasteiger partial charge in [-0.1, -0.05) is 141 Å². The highest BCUT2D eigenvalue weighted by molar-refractivity contribution is 7.26. The fourth-order valence-corrected chi connectivity index (χ4v) is 9.26. The van der Waals surface area contributed by atoms with E-state index in [1.165, 1.54) is 27.6 Å². The third-order valence-electron chi connectivity index (χ3n) is 10.4. The minimum atomic E-state index is -0.596. The lowest BCUT2D eigenvalue weighted by Gasteiger charge is -2.21. The fourth-order valence-electron chi connectivity index (χ4n) is 8.10. The maximum Gasteiger partial charge on any atom is 0.164 e. The first kappa shape index (κ1) is 21.8. The zero-order valence-corrected chi connectivity index (χ0v) is 29.3. The molecule has 250 valence electrons. The van der Waals surface area contributed by atoms with Gasteiger partial charge in [-0.15, -0.1) is 11.3 Å². The van der Waals surface area contributed by atoms with Crippen LogP contribution in [0.4, 0.5) is 0 Å². The lowest BCUT2D eigenvalue weighted by Crippen LogP contribution is -2.14. The molecule has 7 aromatic carbocycles. The van der Waals surface area contributed by atoms with Crippen molar-refractivity contribution in [2.75, 3.05) is 0 Å². The summed E-state index contributed by atoms with van der Waals surface area (Å²) in [7, 11) is 0. The summed E-state index contributed by atoms with van der Waals surface area (Å²) in [5.74, 6) is -0.588. The van der Waals surface area contributed by atoms with Gasteiger partial charge in [0.05, 0.1) is 30.4 Å². The summed E-state index contributed by atoms with van der Waals surface area (Å²) in [6.45, 7) is 4.58. The van der Waals surface area contributed by atoms with Crippen molar-refractivity contribution in [1.29, 1.82) is 0 Å². The summed E-state index contributed by atoms with van der Waals surface area (Å²) >= 11 is 1.58. The Hall–Kier alpha value is -6.43. The molecule has 0 aliphatic heterocycles. The standard InChI is InChI=1S/C48H32N4S/c1-48(2)35-20-11-9-18-32(35)42-36(48)26-27-39-44(42)33-19-10-12-21-37(33)52(39)38-22-13-23-40-43(38)34-25-24-31(28-41(34)53-40)47-50-45(29-14-5-3-6-15-29)49-46(51-47)30-16-7-4-8-17-30/h3-28H,1-2H3/i3D,4D,5D,6D,7D,8D,14D,15D,16D,17D. The van der Waals surface area contributed by atoms with Crippen LogP contribution in [0.15, 0.2) is 157 Å². The highest BCUT2D eigenvalue weighted by Crippen LogP contribution is 2.53. The van der Waals surface area contributed by atoms with E-state index in [0.717, 1.165) is 42.3 Å². The van der Waals surface area contributed by atoms with Gasteiger partial charge in [0.15, 0.2) is 17.5 Å². The zero-order chi connectivity index (χ0) is 44.0. The number of benzene rings is 7. The second kappa shape index (κ2) is 11.3. The normalized spacial score (nSPS) is 15.9. The van der Waals surface area contributed by atoms with E-state index in [0.29, 0.717) is 5.56 Å². The number of nitrogens with zero attached hydrogens (tertiary/aromatic N) is 4. The lowest BCUT2D eigenvalue weighted by molar-refractivity contribution is 0.661. The Balaban J connectivity index is 1.14. The van der Waals surface area contributed by atoms with Gasteiger partial charge in [-0.2, -0.15) is 0 Å². The predicted molar refractivity (Wildman–Crippen MR) is 221 cm³/mol. The van der Waals surface area contributed by atoms with Crippen molar-refractivity contribution < 1.29 is 13.7 Å². The van der Waals surface area contributed by atoms with Crippen LogP contribution >= 0.6 is 11.3 Å². The van der Waals surface area contributed by atoms with Crippen LogP contribution in [0.25, 0.3) is 93.0 Å². The van der Waals surface area contributed by atoms with Crippen LogP contribution in [-0.4, -0.2) is 19.5 Å². The van der Waals surface area contributed by atoms with E-state index in [2.05, 4.69) is 112 Å². The van der Waals surface area contributed by atoms with E-state index < -0.39 is 60.4 Å². The predicted octanol–water partition coefficient (Wildman–Crippen LogP) is 12.6. The molecule has 0 spiro atoms. The van der Waals surface area contributed by atoms with Gasteiger partial charge in [0.2, 0.25) is 0 Å². The summed E-state index contributed by atoms with van der Waals surface area (Å²) in [6.07, 6.45) is 0. The van der Waals surface area contributed by atoms with Gasteiger partial charge in [-0.25, -0.2) is 15.0 Å². The molecule has 53 heavy (non-hydrogen) atoms. The van der Waals surface area contributed by atoms with Crippen LogP contribution in [0.3, 0.4) is 0 Å². The van der Waals surface area contributed by atoms with Crippen molar-refractivity contribution in [3.05, 3.63) is 169 Å². The number of aromatic nitrogens is 4. The van der Waals surface area contributed by atoms with Crippen molar-refractivity contribution in [3.8, 4) is 51.0 Å². The van der Waals surface area contributed by atoms with Crippen molar-refractivity contribution in [2.24, 2.45) is 0 Å². The largest absolute Gasteiger partial charge is 0.309 e. The number of hydrogen-bond acceptors (Lipinski definition) is 4. The van der Waals surface area contributed by atoms with Crippen molar-refractivity contribution in [1.82, 2.24) is 19.5 Å². The molecule has 0 bridgehead atoms. The molecule has 0 saturated carbocycles. The van der Waals surface area contributed by atoms with E-state index in [1.807, 2.05) is 18.2 Å². The Kier molecular flexibility index (Phi) is 4.65. The topological polar surface area (TPSA) is 43.6 Å². The monoisotopic (exact) mass is 706 g/mol. The summed E-state index contributed by atoms with van der Waals surface area (Å²) < 4.78 is 88.8. The maximum absolute atomic E-state index is 8.71. The fraction of sp³-hybridized carbons (Fsp3) is 0.0625. The average molecular weight is 707 g/mol. The molecule has 0 saturated heterocycles. The maximum atomic E-state index is 8.71. The molecule has 0 fully saturated rings. The molecule has 3 aromatic heterocycles. The minimum absolute atomic E-state index is 0.0210. The molecule has 4 nitrogen and oxygen atoms in total. The average Bonchev–Trinajstić information content (AvgIpc) is 3.91. The Bertz CT molecular complexity index is 3540. The number of para-hydroxylation sites is 1. The molecular formula is C48H32N4S. The van der Waals surface area contributed by atoms with Crippen LogP contribution in [0.2, 0.25) is 0 Å². The highest BCUT2D eigenvalue weighted by atomic mass is 32.1. The molecule has 0 amide bonds. The Morgan fingerprint density at radius 2 is 1.23 bits per heavy atom. The first-order valence-electron chi connectivity index (χ1n) is 22.2. The van der Waals surface area contributed by atoms with Gasteiger partial charge in [-0.3, -0.25) is 0 Å². The molecule has 3 heterocycles. The molecule has 0 N–H and O–H groups in total. The van der Waals surface area contributed by atoms with E-state index in [1.54, 1.807) is 11.3 Å². The van der Waals surface area contributed by atoms with Crippen LogP contribution < -0.4 is 0 Å². The molecule has 11 rings (SSSR count). The van der Waals surface area contributed by atoms with Crippen LogP contribution in [0, 0.1) is 0 Å². The Morgan fingerprint density at radius 3 is 1.98 bits per heavy atom. The first-order valence-corrected chi connectivity index (χ1v) is 18.0. The molecule has 1 aliphatic carbocycles. The Labute approximate surface area is 324 Å². The van der Waals surface area contributed by atoms with E-state index >= 15 is 0 Å². The van der Waals surface area contributed by atoms with Gasteiger partial charge in [0.25, 0.3) is 0 Å². The van der Waals surface area contributed by atoms with E-state index in [4.69, 9.17) is 13.7 Å². The van der Waals surface area contributed by atoms with Crippen molar-refractivity contribution >= 4 is 53.3 Å². The highest BCUT2D eigenvalue weighted by Gasteiger charge is 2.37. The molecule has 10 aromatic rings. The molecule has 5 heteroatoms. The quantitative estimate of drug-likeness (QED) is 0.183.